The van der Waals surface area contributed by atoms with E-state index in [4.69, 9.17) is 16.3 Å². The highest BCUT2D eigenvalue weighted by atomic mass is 35.5. The number of aromatic nitrogens is 1. The predicted molar refractivity (Wildman–Crippen MR) is 91.8 cm³/mol. The Hall–Kier alpha value is -1.47. The van der Waals surface area contributed by atoms with E-state index in [-0.39, 0.29) is 25.5 Å². The van der Waals surface area contributed by atoms with Crippen LogP contribution in [0.15, 0.2) is 29.6 Å². The quantitative estimate of drug-likeness (QED) is 0.801. The van der Waals surface area contributed by atoms with Crippen molar-refractivity contribution in [2.24, 2.45) is 0 Å². The van der Waals surface area contributed by atoms with Crippen LogP contribution in [0, 0.1) is 0 Å². The van der Waals surface area contributed by atoms with E-state index in [0.29, 0.717) is 10.7 Å². The molecule has 1 atom stereocenters. The van der Waals surface area contributed by atoms with Crippen LogP contribution in [0.25, 0.3) is 10.6 Å². The van der Waals surface area contributed by atoms with Crippen LogP contribution in [0.4, 0.5) is 0 Å². The molecule has 0 fully saturated rings. The molecule has 0 radical (unpaired) electrons. The third-order valence-electron chi connectivity index (χ3n) is 3.12. The van der Waals surface area contributed by atoms with Gasteiger partial charge in [0.15, 0.2) is 0 Å². The van der Waals surface area contributed by atoms with Crippen LogP contribution in [0.2, 0.25) is 5.02 Å². The Labute approximate surface area is 144 Å². The fourth-order valence-corrected chi connectivity index (χ4v) is 3.16. The number of aliphatic hydroxyl groups is 1. The summed E-state index contributed by atoms with van der Waals surface area (Å²) in [6.07, 6.45) is 0.157. The number of carbonyl (C=O) groups excluding carboxylic acids is 1. The molecule has 0 aliphatic heterocycles. The molecule has 2 aromatic rings. The first-order valence-corrected chi connectivity index (χ1v) is 8.34. The monoisotopic (exact) mass is 354 g/mol. The Bertz CT molecular complexity index is 673. The second-order valence-electron chi connectivity index (χ2n) is 5.51. The van der Waals surface area contributed by atoms with Gasteiger partial charge >= 0.3 is 0 Å². The van der Waals surface area contributed by atoms with Gasteiger partial charge in [-0.2, -0.15) is 0 Å². The SMILES string of the molecule is COC[C@](C)(O)CNC(=O)Cc1csc(-c2ccccc2Cl)n1. The smallest absolute Gasteiger partial charge is 0.226 e. The number of methoxy groups -OCH3 is 1. The number of benzene rings is 1. The summed E-state index contributed by atoms with van der Waals surface area (Å²) in [6, 6.07) is 7.46. The molecule has 1 aromatic carbocycles. The number of ether oxygens (including phenoxy) is 1. The number of hydrogen-bond donors (Lipinski definition) is 2. The van der Waals surface area contributed by atoms with E-state index in [1.165, 1.54) is 18.4 Å². The van der Waals surface area contributed by atoms with E-state index in [2.05, 4.69) is 10.3 Å². The fourth-order valence-electron chi connectivity index (χ4n) is 2.02. The number of hydrogen-bond acceptors (Lipinski definition) is 5. The largest absolute Gasteiger partial charge is 0.386 e. The maximum Gasteiger partial charge on any atom is 0.226 e. The lowest BCUT2D eigenvalue weighted by molar-refractivity contribution is -0.122. The van der Waals surface area contributed by atoms with Gasteiger partial charge in [-0.1, -0.05) is 29.8 Å². The van der Waals surface area contributed by atoms with Crippen molar-refractivity contribution in [3.63, 3.8) is 0 Å². The topological polar surface area (TPSA) is 71.5 Å². The second kappa shape index (κ2) is 7.88. The zero-order chi connectivity index (χ0) is 16.9. The summed E-state index contributed by atoms with van der Waals surface area (Å²) in [5.74, 6) is -0.197. The van der Waals surface area contributed by atoms with Gasteiger partial charge in [0, 0.05) is 24.6 Å². The second-order valence-corrected chi connectivity index (χ2v) is 6.77. The van der Waals surface area contributed by atoms with E-state index < -0.39 is 5.60 Å². The highest BCUT2D eigenvalue weighted by molar-refractivity contribution is 7.13. The lowest BCUT2D eigenvalue weighted by atomic mass is 10.1. The summed E-state index contributed by atoms with van der Waals surface area (Å²) in [5, 5.41) is 15.9. The van der Waals surface area contributed by atoms with Crippen molar-refractivity contribution >= 4 is 28.8 Å². The van der Waals surface area contributed by atoms with E-state index in [1.807, 2.05) is 29.6 Å². The molecule has 0 aliphatic rings. The minimum Gasteiger partial charge on any atom is -0.386 e. The molecule has 0 unspecified atom stereocenters. The van der Waals surface area contributed by atoms with E-state index in [1.54, 1.807) is 6.92 Å². The molecule has 0 saturated heterocycles. The molecule has 0 saturated carbocycles. The Morgan fingerprint density at radius 1 is 1.48 bits per heavy atom. The van der Waals surface area contributed by atoms with Crippen molar-refractivity contribution < 1.29 is 14.6 Å². The van der Waals surface area contributed by atoms with Gasteiger partial charge in [-0.25, -0.2) is 4.98 Å². The normalized spacial score (nSPS) is 13.6. The van der Waals surface area contributed by atoms with Gasteiger partial charge in [0.25, 0.3) is 0 Å². The standard InChI is InChI=1S/C16H19ClN2O3S/c1-16(21,10-22-2)9-18-14(20)7-11-8-23-15(19-11)12-5-3-4-6-13(12)17/h3-6,8,21H,7,9-10H2,1-2H3,(H,18,20)/t16-/m1/s1. The Balaban J connectivity index is 1.94. The first kappa shape index (κ1) is 17.9. The van der Waals surface area contributed by atoms with Gasteiger partial charge in [0.05, 0.1) is 23.7 Å². The highest BCUT2D eigenvalue weighted by Crippen LogP contribution is 2.30. The molecule has 1 amide bonds. The number of rotatable bonds is 7. The molecule has 2 rings (SSSR count). The number of halogens is 1. The van der Waals surface area contributed by atoms with Crippen molar-refractivity contribution in [2.45, 2.75) is 18.9 Å². The third kappa shape index (κ3) is 5.28. The number of nitrogens with zero attached hydrogens (tertiary/aromatic N) is 1. The molecule has 0 aliphatic carbocycles. The van der Waals surface area contributed by atoms with Crippen LogP contribution in [0.1, 0.15) is 12.6 Å². The number of thiazole rings is 1. The summed E-state index contributed by atoms with van der Waals surface area (Å²) in [6.45, 7) is 1.89. The van der Waals surface area contributed by atoms with Crippen molar-refractivity contribution in [1.82, 2.24) is 10.3 Å². The lowest BCUT2D eigenvalue weighted by Gasteiger charge is -2.22. The maximum atomic E-state index is 12.0. The predicted octanol–water partition coefficient (Wildman–Crippen LogP) is 2.52. The molecule has 23 heavy (non-hydrogen) atoms. The summed E-state index contributed by atoms with van der Waals surface area (Å²) in [7, 11) is 1.50. The van der Waals surface area contributed by atoms with Crippen molar-refractivity contribution in [3.8, 4) is 10.6 Å². The first-order valence-electron chi connectivity index (χ1n) is 7.08. The minimum absolute atomic E-state index is 0.126. The zero-order valence-electron chi connectivity index (χ0n) is 13.0. The maximum absolute atomic E-state index is 12.0. The molecular weight excluding hydrogens is 336 g/mol. The Morgan fingerprint density at radius 3 is 2.91 bits per heavy atom. The highest BCUT2D eigenvalue weighted by Gasteiger charge is 2.21. The first-order chi connectivity index (χ1) is 10.9. The van der Waals surface area contributed by atoms with E-state index in [0.717, 1.165) is 10.6 Å². The van der Waals surface area contributed by atoms with Gasteiger partial charge in [-0.15, -0.1) is 11.3 Å². The van der Waals surface area contributed by atoms with Gasteiger partial charge in [-0.05, 0) is 13.0 Å². The number of amides is 1. The van der Waals surface area contributed by atoms with E-state index in [9.17, 15) is 9.90 Å². The molecule has 1 aromatic heterocycles. The molecule has 0 spiro atoms. The van der Waals surface area contributed by atoms with Gasteiger partial charge in [-0.3, -0.25) is 4.79 Å². The molecule has 0 bridgehead atoms. The van der Waals surface area contributed by atoms with Crippen LogP contribution < -0.4 is 5.32 Å². The van der Waals surface area contributed by atoms with Crippen LogP contribution >= 0.6 is 22.9 Å². The Kier molecular flexibility index (Phi) is 6.12. The van der Waals surface area contributed by atoms with Gasteiger partial charge < -0.3 is 15.2 Å². The van der Waals surface area contributed by atoms with Crippen LogP contribution in [0.5, 0.6) is 0 Å². The molecule has 124 valence electrons. The fraction of sp³-hybridized carbons (Fsp3) is 0.375. The summed E-state index contributed by atoms with van der Waals surface area (Å²) in [5.41, 5.74) is 0.442. The Morgan fingerprint density at radius 2 is 2.22 bits per heavy atom. The van der Waals surface area contributed by atoms with Crippen molar-refractivity contribution in [1.29, 1.82) is 0 Å². The van der Waals surface area contributed by atoms with Crippen LogP contribution in [-0.2, 0) is 16.0 Å². The number of nitrogens with one attached hydrogen (secondary N) is 1. The molecule has 7 heteroatoms. The minimum atomic E-state index is -1.09. The summed E-state index contributed by atoms with van der Waals surface area (Å²) < 4.78 is 4.90. The summed E-state index contributed by atoms with van der Waals surface area (Å²) in [4.78, 5) is 16.4. The van der Waals surface area contributed by atoms with Crippen LogP contribution in [0.3, 0.4) is 0 Å². The van der Waals surface area contributed by atoms with Crippen molar-refractivity contribution in [3.05, 3.63) is 40.4 Å². The average molecular weight is 355 g/mol. The molecule has 2 N–H and O–H groups in total. The summed E-state index contributed by atoms with van der Waals surface area (Å²) >= 11 is 7.60. The van der Waals surface area contributed by atoms with E-state index >= 15 is 0 Å². The zero-order valence-corrected chi connectivity index (χ0v) is 14.6. The van der Waals surface area contributed by atoms with Crippen molar-refractivity contribution in [2.75, 3.05) is 20.3 Å². The van der Waals surface area contributed by atoms with Gasteiger partial charge in [0.1, 0.15) is 10.6 Å². The third-order valence-corrected chi connectivity index (χ3v) is 4.37. The average Bonchev–Trinajstić information content (AvgIpc) is 2.94. The molecule has 5 nitrogen and oxygen atoms in total. The lowest BCUT2D eigenvalue weighted by Crippen LogP contribution is -2.44. The molecule has 1 heterocycles. The van der Waals surface area contributed by atoms with Crippen LogP contribution in [-0.4, -0.2) is 41.9 Å². The van der Waals surface area contributed by atoms with Gasteiger partial charge in [0.2, 0.25) is 5.91 Å². The molecular formula is C16H19ClN2O3S. The number of carbonyl (C=O) groups is 1.